The molecule has 1 N–H and O–H groups in total. The minimum atomic E-state index is -4.18. The minimum absolute atomic E-state index is 0. The number of likely N-dealkylation sites (N-methyl/N-ethyl adjacent to an activating group) is 1. The van der Waals surface area contributed by atoms with Gasteiger partial charge in [-0.15, -0.1) is 35.3 Å². The molecule has 0 amide bonds. The molecule has 28 heavy (non-hydrogen) atoms. The van der Waals surface area contributed by atoms with Crippen LogP contribution in [0.15, 0.2) is 22.5 Å². The lowest BCUT2D eigenvalue weighted by molar-refractivity contribution is -0.181. The van der Waals surface area contributed by atoms with Crippen molar-refractivity contribution in [2.24, 2.45) is 4.99 Å². The molecular formula is C18H31F3IN5S. The maximum absolute atomic E-state index is 12.9. The number of halogens is 4. The van der Waals surface area contributed by atoms with Gasteiger partial charge in [0, 0.05) is 37.6 Å². The number of thiophene rings is 1. The number of nitrogens with zero attached hydrogens (tertiary/aromatic N) is 4. The van der Waals surface area contributed by atoms with Crippen LogP contribution in [-0.2, 0) is 0 Å². The summed E-state index contributed by atoms with van der Waals surface area (Å²) < 4.78 is 38.8. The lowest BCUT2D eigenvalue weighted by Crippen LogP contribution is -2.56. The number of hydrogen-bond donors (Lipinski definition) is 1. The molecule has 0 bridgehead atoms. The van der Waals surface area contributed by atoms with Crippen LogP contribution in [0.2, 0.25) is 0 Å². The fourth-order valence-electron chi connectivity index (χ4n) is 3.12. The van der Waals surface area contributed by atoms with Crippen molar-refractivity contribution in [3.63, 3.8) is 0 Å². The molecule has 2 unspecified atom stereocenters. The maximum Gasteiger partial charge on any atom is 0.403 e. The van der Waals surface area contributed by atoms with Gasteiger partial charge in [0.05, 0.1) is 12.6 Å². The van der Waals surface area contributed by atoms with Crippen LogP contribution < -0.4 is 5.32 Å². The van der Waals surface area contributed by atoms with Gasteiger partial charge in [-0.25, -0.2) is 0 Å². The van der Waals surface area contributed by atoms with Crippen molar-refractivity contribution in [1.29, 1.82) is 0 Å². The normalized spacial score (nSPS) is 18.7. The van der Waals surface area contributed by atoms with Crippen LogP contribution in [0, 0.1) is 0 Å². The number of hydrogen-bond acceptors (Lipinski definition) is 4. The molecule has 0 saturated carbocycles. The summed E-state index contributed by atoms with van der Waals surface area (Å²) in [5, 5.41) is 5.34. The van der Waals surface area contributed by atoms with Crippen LogP contribution in [-0.4, -0.2) is 86.2 Å². The fourth-order valence-corrected chi connectivity index (χ4v) is 4.03. The largest absolute Gasteiger partial charge is 0.403 e. The Morgan fingerprint density at radius 1 is 1.29 bits per heavy atom. The molecule has 1 aromatic rings. The average molecular weight is 533 g/mol. The van der Waals surface area contributed by atoms with Gasteiger partial charge in [-0.1, -0.05) is 6.07 Å². The first-order valence-corrected chi connectivity index (χ1v) is 10.2. The van der Waals surface area contributed by atoms with E-state index < -0.39 is 12.2 Å². The predicted molar refractivity (Wildman–Crippen MR) is 121 cm³/mol. The summed E-state index contributed by atoms with van der Waals surface area (Å²) in [4.78, 5) is 11.7. The van der Waals surface area contributed by atoms with Crippen molar-refractivity contribution < 1.29 is 13.2 Å². The molecule has 0 aliphatic carbocycles. The number of piperazine rings is 1. The maximum atomic E-state index is 12.9. The Balaban J connectivity index is 0.00000392. The van der Waals surface area contributed by atoms with Crippen molar-refractivity contribution in [3.8, 4) is 0 Å². The highest BCUT2D eigenvalue weighted by molar-refractivity contribution is 14.0. The lowest BCUT2D eigenvalue weighted by Gasteiger charge is -2.39. The van der Waals surface area contributed by atoms with Gasteiger partial charge in [0.1, 0.15) is 6.04 Å². The summed E-state index contributed by atoms with van der Waals surface area (Å²) in [5.41, 5.74) is 0. The Morgan fingerprint density at radius 3 is 2.39 bits per heavy atom. The van der Waals surface area contributed by atoms with Crippen molar-refractivity contribution in [2.75, 3.05) is 53.4 Å². The Hall–Kier alpha value is -0.590. The molecule has 0 radical (unpaired) electrons. The summed E-state index contributed by atoms with van der Waals surface area (Å²) >= 11 is 1.71. The topological polar surface area (TPSA) is 34.1 Å². The third-order valence-electron chi connectivity index (χ3n) is 4.88. The molecule has 162 valence electrons. The van der Waals surface area contributed by atoms with Crippen LogP contribution >= 0.6 is 35.3 Å². The van der Waals surface area contributed by atoms with E-state index in [0.29, 0.717) is 32.7 Å². The summed E-state index contributed by atoms with van der Waals surface area (Å²) in [6.45, 7) is 6.41. The fraction of sp³-hybridized carbons (Fsp3) is 0.722. The van der Waals surface area contributed by atoms with Crippen LogP contribution in [0.25, 0.3) is 0 Å². The number of rotatable bonds is 6. The molecule has 0 aromatic carbocycles. The molecule has 1 fully saturated rings. The lowest BCUT2D eigenvalue weighted by atomic mass is 10.2. The van der Waals surface area contributed by atoms with Gasteiger partial charge in [0.2, 0.25) is 0 Å². The molecule has 2 rings (SSSR count). The molecule has 1 aliphatic heterocycles. The highest BCUT2D eigenvalue weighted by atomic mass is 127. The van der Waals surface area contributed by atoms with Crippen LogP contribution in [0.3, 0.4) is 0 Å². The number of aliphatic imine (C=N–C) groups is 1. The second kappa shape index (κ2) is 11.6. The molecule has 1 aliphatic rings. The van der Waals surface area contributed by atoms with E-state index in [2.05, 4.69) is 26.6 Å². The Morgan fingerprint density at radius 2 is 1.93 bits per heavy atom. The van der Waals surface area contributed by atoms with Gasteiger partial charge in [-0.05, 0) is 39.4 Å². The Labute approximate surface area is 187 Å². The smallest absolute Gasteiger partial charge is 0.357 e. The molecule has 2 atom stereocenters. The number of alkyl halides is 3. The minimum Gasteiger partial charge on any atom is -0.357 e. The molecule has 0 spiro atoms. The Kier molecular flexibility index (Phi) is 10.5. The van der Waals surface area contributed by atoms with Crippen LogP contribution in [0.1, 0.15) is 24.8 Å². The Bertz CT molecular complexity index is 587. The SMILES string of the molecule is CCNC(=NCC(c1cccs1)N(C)C)N1CCN(C(C)C(F)(F)F)CC1.I. The average Bonchev–Trinajstić information content (AvgIpc) is 3.14. The standard InChI is InChI=1S/C18H30F3N5S.HI/c1-5-22-17(23-13-15(24(3)4)16-7-6-12-27-16)26-10-8-25(9-11-26)14(2)18(19,20)21;/h6-7,12,14-15H,5,8-11,13H2,1-4H3,(H,22,23);1H. The van der Waals surface area contributed by atoms with E-state index >= 15 is 0 Å². The molecular weight excluding hydrogens is 502 g/mol. The third kappa shape index (κ3) is 7.03. The van der Waals surface area contributed by atoms with Crippen molar-refractivity contribution in [3.05, 3.63) is 22.4 Å². The highest BCUT2D eigenvalue weighted by Crippen LogP contribution is 2.26. The zero-order chi connectivity index (χ0) is 20.0. The highest BCUT2D eigenvalue weighted by Gasteiger charge is 2.41. The second-order valence-corrected chi connectivity index (χ2v) is 7.91. The van der Waals surface area contributed by atoms with Gasteiger partial charge in [0.15, 0.2) is 5.96 Å². The molecule has 2 heterocycles. The predicted octanol–water partition coefficient (Wildman–Crippen LogP) is 3.50. The van der Waals surface area contributed by atoms with E-state index in [1.165, 1.54) is 16.7 Å². The van der Waals surface area contributed by atoms with E-state index in [-0.39, 0.29) is 30.0 Å². The second-order valence-electron chi connectivity index (χ2n) is 6.93. The zero-order valence-electron chi connectivity index (χ0n) is 16.9. The van der Waals surface area contributed by atoms with Gasteiger partial charge in [0.25, 0.3) is 0 Å². The first-order chi connectivity index (χ1) is 12.7. The summed E-state index contributed by atoms with van der Waals surface area (Å²) in [5.74, 6) is 0.778. The van der Waals surface area contributed by atoms with Gasteiger partial charge >= 0.3 is 6.18 Å². The summed E-state index contributed by atoms with van der Waals surface area (Å²) in [6, 6.07) is 2.92. The molecule has 10 heteroatoms. The van der Waals surface area contributed by atoms with Gasteiger partial charge in [-0.3, -0.25) is 9.89 Å². The van der Waals surface area contributed by atoms with E-state index in [9.17, 15) is 13.2 Å². The molecule has 1 saturated heterocycles. The van der Waals surface area contributed by atoms with Crippen LogP contribution in [0.4, 0.5) is 13.2 Å². The number of guanidine groups is 1. The zero-order valence-corrected chi connectivity index (χ0v) is 20.0. The van der Waals surface area contributed by atoms with E-state index in [4.69, 9.17) is 4.99 Å². The first kappa shape index (κ1) is 25.4. The number of nitrogens with one attached hydrogen (secondary N) is 1. The van der Waals surface area contributed by atoms with E-state index in [1.807, 2.05) is 27.1 Å². The van der Waals surface area contributed by atoms with E-state index in [0.717, 1.165) is 12.5 Å². The molecule has 5 nitrogen and oxygen atoms in total. The van der Waals surface area contributed by atoms with Crippen molar-refractivity contribution >= 4 is 41.3 Å². The van der Waals surface area contributed by atoms with Crippen molar-refractivity contribution in [2.45, 2.75) is 32.1 Å². The monoisotopic (exact) mass is 533 g/mol. The first-order valence-electron chi connectivity index (χ1n) is 9.27. The summed E-state index contributed by atoms with van der Waals surface area (Å²) in [7, 11) is 4.06. The van der Waals surface area contributed by atoms with Gasteiger partial charge < -0.3 is 15.1 Å². The summed E-state index contributed by atoms with van der Waals surface area (Å²) in [6.07, 6.45) is -4.18. The van der Waals surface area contributed by atoms with Gasteiger partial charge in [-0.2, -0.15) is 13.2 Å². The van der Waals surface area contributed by atoms with E-state index in [1.54, 1.807) is 11.3 Å². The molecule has 1 aromatic heterocycles. The quantitative estimate of drug-likeness (QED) is 0.345. The van der Waals surface area contributed by atoms with Crippen molar-refractivity contribution in [1.82, 2.24) is 20.0 Å². The third-order valence-corrected chi connectivity index (χ3v) is 5.85. The van der Waals surface area contributed by atoms with Crippen LogP contribution in [0.5, 0.6) is 0 Å².